The number of rotatable bonds is 6. The van der Waals surface area contributed by atoms with Gasteiger partial charge in [-0.2, -0.15) is 5.10 Å². The molecule has 2 rings (SSSR count). The maximum atomic E-state index is 11.6. The molecule has 1 fully saturated rings. The molecule has 3 N–H and O–H groups in total. The van der Waals surface area contributed by atoms with Gasteiger partial charge in [0.1, 0.15) is 18.9 Å². The monoisotopic (exact) mass is 392 g/mol. The molecule has 28 heavy (non-hydrogen) atoms. The van der Waals surface area contributed by atoms with Gasteiger partial charge in [-0.3, -0.25) is 9.59 Å². The Balaban J connectivity index is 0.000000292. The SMILES string of the molecule is CC1=C\OCCO/C(C)=C/C=C\1.CN/N=C(\CNC(C)=O)C(=O)NCC1CC1. The zero-order valence-corrected chi connectivity index (χ0v) is 17.2. The quantitative estimate of drug-likeness (QED) is 0.471. The van der Waals surface area contributed by atoms with Crippen LogP contribution in [0.2, 0.25) is 0 Å². The van der Waals surface area contributed by atoms with E-state index in [1.165, 1.54) is 19.8 Å². The Kier molecular flexibility index (Phi) is 11.1. The van der Waals surface area contributed by atoms with E-state index in [4.69, 9.17) is 9.47 Å². The summed E-state index contributed by atoms with van der Waals surface area (Å²) in [5.74, 6) is 1.14. The van der Waals surface area contributed by atoms with Gasteiger partial charge in [0.15, 0.2) is 0 Å². The first-order chi connectivity index (χ1) is 13.4. The predicted molar refractivity (Wildman–Crippen MR) is 109 cm³/mol. The Bertz CT molecular complexity index is 634. The summed E-state index contributed by atoms with van der Waals surface area (Å²) in [4.78, 5) is 22.4. The Labute approximate surface area is 167 Å². The average Bonchev–Trinajstić information content (AvgIpc) is 3.47. The topological polar surface area (TPSA) is 101 Å². The zero-order valence-electron chi connectivity index (χ0n) is 17.2. The van der Waals surface area contributed by atoms with Crippen LogP contribution in [0.5, 0.6) is 0 Å². The number of hydrogen-bond donors (Lipinski definition) is 3. The largest absolute Gasteiger partial charge is 0.497 e. The molecule has 0 atom stereocenters. The van der Waals surface area contributed by atoms with Crippen LogP contribution in [0.4, 0.5) is 0 Å². The van der Waals surface area contributed by atoms with Gasteiger partial charge >= 0.3 is 0 Å². The summed E-state index contributed by atoms with van der Waals surface area (Å²) >= 11 is 0. The van der Waals surface area contributed by atoms with Crippen LogP contribution >= 0.6 is 0 Å². The van der Waals surface area contributed by atoms with Gasteiger partial charge in [-0.15, -0.1) is 0 Å². The molecule has 1 aliphatic carbocycles. The highest BCUT2D eigenvalue weighted by Gasteiger charge is 2.22. The van der Waals surface area contributed by atoms with Gasteiger partial charge in [-0.1, -0.05) is 12.2 Å². The second-order valence-electron chi connectivity index (χ2n) is 6.56. The number of hydrogen-bond acceptors (Lipinski definition) is 6. The molecule has 0 aromatic rings. The number of carbonyl (C=O) groups excluding carboxylic acids is 2. The van der Waals surface area contributed by atoms with Gasteiger partial charge < -0.3 is 25.5 Å². The van der Waals surface area contributed by atoms with E-state index in [0.29, 0.717) is 31.4 Å². The molecule has 1 aliphatic heterocycles. The highest BCUT2D eigenvalue weighted by molar-refractivity contribution is 6.39. The summed E-state index contributed by atoms with van der Waals surface area (Å²) in [6, 6.07) is 0. The maximum Gasteiger partial charge on any atom is 0.269 e. The summed E-state index contributed by atoms with van der Waals surface area (Å²) in [6.45, 7) is 7.40. The van der Waals surface area contributed by atoms with E-state index in [0.717, 1.165) is 11.3 Å². The minimum Gasteiger partial charge on any atom is -0.497 e. The third-order valence-electron chi connectivity index (χ3n) is 3.75. The predicted octanol–water partition coefficient (Wildman–Crippen LogP) is 1.62. The van der Waals surface area contributed by atoms with Gasteiger partial charge in [-0.05, 0) is 44.3 Å². The minimum atomic E-state index is -0.227. The number of allylic oxidation sites excluding steroid dienone is 5. The smallest absolute Gasteiger partial charge is 0.269 e. The van der Waals surface area contributed by atoms with Crippen molar-refractivity contribution in [3.8, 4) is 0 Å². The molecule has 0 spiro atoms. The van der Waals surface area contributed by atoms with Crippen molar-refractivity contribution in [1.29, 1.82) is 0 Å². The van der Waals surface area contributed by atoms with E-state index in [2.05, 4.69) is 21.2 Å². The lowest BCUT2D eigenvalue weighted by atomic mass is 10.3. The second kappa shape index (κ2) is 13.4. The summed E-state index contributed by atoms with van der Waals surface area (Å²) in [5.41, 5.74) is 3.95. The third-order valence-corrected chi connectivity index (χ3v) is 3.75. The Hall–Kier alpha value is -2.77. The van der Waals surface area contributed by atoms with E-state index >= 15 is 0 Å². The van der Waals surface area contributed by atoms with E-state index in [-0.39, 0.29) is 18.4 Å². The first-order valence-electron chi connectivity index (χ1n) is 9.44. The van der Waals surface area contributed by atoms with Gasteiger partial charge in [0.25, 0.3) is 5.91 Å². The van der Waals surface area contributed by atoms with Gasteiger partial charge in [0, 0.05) is 20.5 Å². The van der Waals surface area contributed by atoms with Crippen LogP contribution < -0.4 is 16.1 Å². The molecule has 156 valence electrons. The summed E-state index contributed by atoms with van der Waals surface area (Å²) in [7, 11) is 1.61. The van der Waals surface area contributed by atoms with Crippen LogP contribution in [-0.4, -0.2) is 50.9 Å². The molecule has 8 nitrogen and oxygen atoms in total. The lowest BCUT2D eigenvalue weighted by molar-refractivity contribution is -0.118. The van der Waals surface area contributed by atoms with Crippen molar-refractivity contribution >= 4 is 17.5 Å². The highest BCUT2D eigenvalue weighted by atomic mass is 16.5. The molecular weight excluding hydrogens is 360 g/mol. The fourth-order valence-electron chi connectivity index (χ4n) is 2.04. The highest BCUT2D eigenvalue weighted by Crippen LogP contribution is 2.27. The molecule has 1 heterocycles. The number of ether oxygens (including phenoxy) is 2. The number of nitrogens with zero attached hydrogens (tertiary/aromatic N) is 1. The normalized spacial score (nSPS) is 21.6. The Morgan fingerprint density at radius 3 is 2.61 bits per heavy atom. The molecule has 0 aromatic carbocycles. The summed E-state index contributed by atoms with van der Waals surface area (Å²) in [5, 5.41) is 9.17. The van der Waals surface area contributed by atoms with Crippen molar-refractivity contribution in [2.45, 2.75) is 33.6 Å². The molecule has 0 unspecified atom stereocenters. The fourth-order valence-corrected chi connectivity index (χ4v) is 2.04. The van der Waals surface area contributed by atoms with Crippen molar-refractivity contribution in [2.24, 2.45) is 11.0 Å². The van der Waals surface area contributed by atoms with Gasteiger partial charge in [-0.25, -0.2) is 0 Å². The standard InChI is InChI=1S/C10H18N4O2.C10H14O2/c1-7(15)12-6-9(14-11-2)10(16)13-5-8-3-4-8;1-9-4-3-5-10(2)12-7-6-11-8-9/h8,11H,3-6H2,1-2H3,(H,12,15)(H,13,16);3-5,8H,6-7H2,1-2H3/b14-9+;4-3-,9-8+,10-5+. The first kappa shape index (κ1) is 23.3. The fraction of sp³-hybridized carbons (Fsp3) is 0.550. The van der Waals surface area contributed by atoms with Crippen LogP contribution in [0.1, 0.15) is 33.6 Å². The number of nitrogens with one attached hydrogen (secondary N) is 3. The van der Waals surface area contributed by atoms with E-state index < -0.39 is 0 Å². The molecule has 0 bridgehead atoms. The van der Waals surface area contributed by atoms with Crippen molar-refractivity contribution in [3.63, 3.8) is 0 Å². The van der Waals surface area contributed by atoms with Crippen LogP contribution in [0.3, 0.4) is 0 Å². The number of carbonyl (C=O) groups is 2. The van der Waals surface area contributed by atoms with Crippen molar-refractivity contribution in [3.05, 3.63) is 35.8 Å². The molecule has 2 amide bonds. The second-order valence-corrected chi connectivity index (χ2v) is 6.56. The van der Waals surface area contributed by atoms with Crippen LogP contribution in [0.15, 0.2) is 40.9 Å². The Morgan fingerprint density at radius 1 is 1.21 bits per heavy atom. The maximum absolute atomic E-state index is 11.6. The lowest BCUT2D eigenvalue weighted by Gasteiger charge is -2.07. The third kappa shape index (κ3) is 11.8. The molecule has 0 saturated heterocycles. The average molecular weight is 393 g/mol. The molecule has 2 aliphatic rings. The van der Waals surface area contributed by atoms with E-state index in [1.54, 1.807) is 13.3 Å². The van der Waals surface area contributed by atoms with Crippen molar-refractivity contribution in [1.82, 2.24) is 16.1 Å². The molecule has 1 saturated carbocycles. The molecule has 0 radical (unpaired) electrons. The lowest BCUT2D eigenvalue weighted by Crippen LogP contribution is -2.40. The zero-order chi connectivity index (χ0) is 20.8. The number of amides is 2. The van der Waals surface area contributed by atoms with E-state index in [9.17, 15) is 9.59 Å². The van der Waals surface area contributed by atoms with Crippen LogP contribution in [0.25, 0.3) is 0 Å². The minimum absolute atomic E-state index is 0.146. The molecule has 0 aromatic heterocycles. The van der Waals surface area contributed by atoms with Crippen molar-refractivity contribution in [2.75, 3.05) is 33.4 Å². The first-order valence-corrected chi connectivity index (χ1v) is 9.44. The van der Waals surface area contributed by atoms with Crippen LogP contribution in [-0.2, 0) is 19.1 Å². The van der Waals surface area contributed by atoms with Crippen molar-refractivity contribution < 1.29 is 19.1 Å². The van der Waals surface area contributed by atoms with Gasteiger partial charge in [0.05, 0.1) is 18.6 Å². The summed E-state index contributed by atoms with van der Waals surface area (Å²) in [6.07, 6.45) is 10.00. The van der Waals surface area contributed by atoms with Crippen LogP contribution in [0, 0.1) is 5.92 Å². The molecule has 8 heteroatoms. The Morgan fingerprint density at radius 2 is 1.96 bits per heavy atom. The number of hydrazone groups is 1. The van der Waals surface area contributed by atoms with E-state index in [1.807, 2.05) is 32.1 Å². The van der Waals surface area contributed by atoms with Gasteiger partial charge in [0.2, 0.25) is 5.91 Å². The summed E-state index contributed by atoms with van der Waals surface area (Å²) < 4.78 is 10.5. The molecular formula is C20H32N4O4.